The first-order chi connectivity index (χ1) is 23.0. The van der Waals surface area contributed by atoms with Gasteiger partial charge in [0, 0.05) is 43.3 Å². The van der Waals surface area contributed by atoms with Gasteiger partial charge in [0.1, 0.15) is 11.6 Å². The number of nitrogens with zero attached hydrogens (tertiary/aromatic N) is 5. The highest BCUT2D eigenvalue weighted by Gasteiger charge is 2.45. The number of benzene rings is 1. The predicted molar refractivity (Wildman–Crippen MR) is 177 cm³/mol. The van der Waals surface area contributed by atoms with Crippen molar-refractivity contribution in [3.8, 4) is 21.9 Å². The van der Waals surface area contributed by atoms with Crippen LogP contribution in [0.4, 0.5) is 10.2 Å². The molecule has 4 aliphatic rings. The van der Waals surface area contributed by atoms with Crippen molar-refractivity contribution in [1.29, 1.82) is 0 Å². The number of amides is 1. The van der Waals surface area contributed by atoms with E-state index in [4.69, 9.17) is 19.1 Å². The van der Waals surface area contributed by atoms with E-state index in [1.54, 1.807) is 24.3 Å². The lowest BCUT2D eigenvalue weighted by Gasteiger charge is -2.22. The fourth-order valence-corrected chi connectivity index (χ4v) is 9.23. The number of hydrogen-bond acceptors (Lipinski definition) is 9. The molecule has 11 heteroatoms. The van der Waals surface area contributed by atoms with Crippen molar-refractivity contribution in [3.05, 3.63) is 76.3 Å². The van der Waals surface area contributed by atoms with Gasteiger partial charge in [0.15, 0.2) is 0 Å². The van der Waals surface area contributed by atoms with E-state index in [1.165, 1.54) is 11.6 Å². The largest absolute Gasteiger partial charge is 0.421 e. The molecule has 240 valence electrons. The third-order valence-corrected chi connectivity index (χ3v) is 11.6. The number of nitrogens with one attached hydrogen (secondary N) is 1. The lowest BCUT2D eigenvalue weighted by molar-refractivity contribution is 0.0639. The van der Waals surface area contributed by atoms with Crippen molar-refractivity contribution in [2.45, 2.75) is 70.4 Å². The van der Waals surface area contributed by atoms with Crippen LogP contribution >= 0.6 is 11.3 Å². The minimum absolute atomic E-state index is 0.00680. The van der Waals surface area contributed by atoms with Gasteiger partial charge in [0.05, 0.1) is 39.3 Å². The summed E-state index contributed by atoms with van der Waals surface area (Å²) in [4.78, 5) is 27.2. The molecule has 0 unspecified atom stereocenters. The van der Waals surface area contributed by atoms with E-state index in [1.807, 2.05) is 23.2 Å². The third kappa shape index (κ3) is 4.93. The number of carbonyl (C=O) groups excluding carboxylic acids is 1. The zero-order valence-corrected chi connectivity index (χ0v) is 27.0. The molecule has 3 aliphatic heterocycles. The molecular weight excluding hydrogens is 616 g/mol. The van der Waals surface area contributed by atoms with E-state index in [2.05, 4.69) is 21.6 Å². The normalized spacial score (nSPS) is 20.6. The van der Waals surface area contributed by atoms with Crippen LogP contribution in [0.15, 0.2) is 40.9 Å². The molecule has 1 N–H and O–H groups in total. The average molecular weight is 651 g/mol. The Bertz CT molecular complexity index is 2030. The van der Waals surface area contributed by atoms with E-state index in [0.29, 0.717) is 23.3 Å². The van der Waals surface area contributed by atoms with Gasteiger partial charge < -0.3 is 19.4 Å². The Morgan fingerprint density at radius 2 is 1.96 bits per heavy atom. The number of ether oxygens (including phenoxy) is 1. The van der Waals surface area contributed by atoms with Crippen LogP contribution in [0.1, 0.15) is 89.4 Å². The first-order valence-corrected chi connectivity index (χ1v) is 17.5. The summed E-state index contributed by atoms with van der Waals surface area (Å²) >= 11 is 1.61. The van der Waals surface area contributed by atoms with E-state index in [0.717, 1.165) is 120 Å². The summed E-state index contributed by atoms with van der Waals surface area (Å²) in [5, 5.41) is 13.4. The summed E-state index contributed by atoms with van der Waals surface area (Å²) in [6.45, 7) is 4.11. The van der Waals surface area contributed by atoms with Crippen LogP contribution in [-0.2, 0) is 17.6 Å². The number of rotatable bonds is 7. The molecule has 9 nitrogen and oxygen atoms in total. The summed E-state index contributed by atoms with van der Waals surface area (Å²) in [6.07, 6.45) is 9.27. The Balaban J connectivity index is 1.20. The fourth-order valence-electron chi connectivity index (χ4n) is 8.06. The van der Waals surface area contributed by atoms with Crippen LogP contribution in [0.25, 0.3) is 32.0 Å². The number of hydrogen-bond donors (Lipinski definition) is 1. The van der Waals surface area contributed by atoms with Gasteiger partial charge in [-0.2, -0.15) is 0 Å². The Labute approximate surface area is 275 Å². The van der Waals surface area contributed by atoms with Gasteiger partial charge in [-0.25, -0.2) is 9.37 Å². The maximum absolute atomic E-state index is 14.2. The maximum Gasteiger partial charge on any atom is 0.257 e. The number of carbonyl (C=O) groups is 1. The van der Waals surface area contributed by atoms with E-state index in [9.17, 15) is 9.18 Å². The van der Waals surface area contributed by atoms with E-state index < -0.39 is 0 Å². The van der Waals surface area contributed by atoms with Gasteiger partial charge in [0.25, 0.3) is 5.91 Å². The van der Waals surface area contributed by atoms with Gasteiger partial charge in [-0.15, -0.1) is 21.5 Å². The first-order valence-electron chi connectivity index (χ1n) is 16.7. The molecular formula is C36H35FN6O3S. The van der Waals surface area contributed by atoms with E-state index in [-0.39, 0.29) is 23.8 Å². The molecule has 7 heterocycles. The lowest BCUT2D eigenvalue weighted by Crippen LogP contribution is -2.22. The number of fused-ring (bicyclic) bond motifs is 5. The van der Waals surface area contributed by atoms with Crippen LogP contribution in [0, 0.1) is 18.7 Å². The van der Waals surface area contributed by atoms with Crippen LogP contribution < -0.4 is 5.32 Å². The number of aromatic nitrogens is 4. The minimum atomic E-state index is -0.227. The summed E-state index contributed by atoms with van der Waals surface area (Å²) in [7, 11) is 0. The molecule has 1 aliphatic carbocycles. The maximum atomic E-state index is 14.2. The van der Waals surface area contributed by atoms with Gasteiger partial charge in [-0.3, -0.25) is 9.78 Å². The highest BCUT2D eigenvalue weighted by molar-refractivity contribution is 7.23. The van der Waals surface area contributed by atoms with Crippen molar-refractivity contribution in [2.24, 2.45) is 5.92 Å². The Kier molecular flexibility index (Phi) is 7.08. The smallest absolute Gasteiger partial charge is 0.257 e. The summed E-state index contributed by atoms with van der Waals surface area (Å²) < 4.78 is 27.0. The standard InChI is InChI=1S/C36H35FN6O3S/c1-19-41-42-35(46-19)29-26(8-4-20-11-15-45-16-12-20)39-32-27-3-2-14-43(27)36(44)31(32)30(29)28-17-22-10-13-38-34(33(22)47-28)40-25-9-6-21-5-7-23(37)18-24(21)25/h5,7,10,13,17-18,20,25,27H,2-4,6,8-9,11-12,14-16H2,1H3,(H,38,40)/t25-,27+/m1/s1. The molecule has 0 saturated carbocycles. The Morgan fingerprint density at radius 3 is 2.81 bits per heavy atom. The van der Waals surface area contributed by atoms with E-state index >= 15 is 0 Å². The Morgan fingerprint density at radius 1 is 1.06 bits per heavy atom. The lowest BCUT2D eigenvalue weighted by atomic mass is 9.90. The first kappa shape index (κ1) is 29.0. The molecule has 4 aromatic heterocycles. The second-order valence-electron chi connectivity index (χ2n) is 13.2. The van der Waals surface area contributed by atoms with Crippen molar-refractivity contribution in [2.75, 3.05) is 25.1 Å². The van der Waals surface area contributed by atoms with Gasteiger partial charge in [-0.05, 0) is 98.1 Å². The number of halogens is 1. The molecule has 9 rings (SSSR count). The average Bonchev–Trinajstić information content (AvgIpc) is 3.92. The molecule has 0 radical (unpaired) electrons. The minimum Gasteiger partial charge on any atom is -0.421 e. The van der Waals surface area contributed by atoms with Gasteiger partial charge >= 0.3 is 0 Å². The summed E-state index contributed by atoms with van der Waals surface area (Å²) in [5.41, 5.74) is 6.20. The second-order valence-corrected chi connectivity index (χ2v) is 14.3. The number of pyridine rings is 2. The molecule has 0 bridgehead atoms. The predicted octanol–water partition coefficient (Wildman–Crippen LogP) is 7.61. The summed E-state index contributed by atoms with van der Waals surface area (Å²) in [6, 6.07) is 9.17. The summed E-state index contributed by atoms with van der Waals surface area (Å²) in [5.74, 6) is 1.98. The highest BCUT2D eigenvalue weighted by Crippen LogP contribution is 2.50. The molecule has 2 saturated heterocycles. The van der Waals surface area contributed by atoms with Crippen molar-refractivity contribution < 1.29 is 18.3 Å². The number of thiophene rings is 1. The highest BCUT2D eigenvalue weighted by atomic mass is 32.1. The molecule has 2 fully saturated rings. The SMILES string of the molecule is Cc1nnc(-c2c(CCC3CCOCC3)nc3c(c2-c2cc4ccnc(N[C@@H]5CCc6ccc(F)cc65)c4s2)C(=O)N2CCC[C@@H]32)o1. The van der Waals surface area contributed by atoms with Crippen LogP contribution in [0.3, 0.4) is 0 Å². The monoisotopic (exact) mass is 650 g/mol. The molecule has 0 spiro atoms. The van der Waals surface area contributed by atoms with Crippen LogP contribution in [0.2, 0.25) is 0 Å². The third-order valence-electron chi connectivity index (χ3n) is 10.4. The van der Waals surface area contributed by atoms with Crippen molar-refractivity contribution >= 4 is 33.1 Å². The van der Waals surface area contributed by atoms with Crippen molar-refractivity contribution in [3.63, 3.8) is 0 Å². The molecule has 1 amide bonds. The van der Waals surface area contributed by atoms with Crippen LogP contribution in [-0.4, -0.2) is 50.7 Å². The van der Waals surface area contributed by atoms with Crippen molar-refractivity contribution in [1.82, 2.24) is 25.1 Å². The number of aryl methyl sites for hydroxylation is 3. The van der Waals surface area contributed by atoms with Gasteiger partial charge in [0.2, 0.25) is 11.8 Å². The zero-order chi connectivity index (χ0) is 31.6. The molecule has 47 heavy (non-hydrogen) atoms. The quantitative estimate of drug-likeness (QED) is 0.192. The van der Waals surface area contributed by atoms with Gasteiger partial charge in [-0.1, -0.05) is 6.07 Å². The second kappa shape index (κ2) is 11.5. The number of anilines is 1. The molecule has 2 atom stereocenters. The fraction of sp³-hybridized carbons (Fsp3) is 0.417. The zero-order valence-electron chi connectivity index (χ0n) is 26.2. The topological polar surface area (TPSA) is 106 Å². The van der Waals surface area contributed by atoms with Crippen LogP contribution in [0.5, 0.6) is 0 Å². The molecule has 1 aromatic carbocycles. The molecule has 5 aromatic rings. The Hall–Kier alpha value is -4.22.